The minimum absolute atomic E-state index is 0.0701. The molecule has 2 aromatic carbocycles. The molecule has 0 atom stereocenters. The van der Waals surface area contributed by atoms with Crippen LogP contribution in [-0.4, -0.2) is 13.0 Å². The maximum atomic E-state index is 12.7. The molecule has 0 unspecified atom stereocenters. The van der Waals surface area contributed by atoms with Crippen molar-refractivity contribution in [2.75, 3.05) is 12.4 Å². The van der Waals surface area contributed by atoms with Crippen LogP contribution in [0.1, 0.15) is 11.1 Å². The molecule has 1 N–H and O–H groups in total. The van der Waals surface area contributed by atoms with Crippen molar-refractivity contribution in [3.63, 3.8) is 0 Å². The van der Waals surface area contributed by atoms with E-state index in [4.69, 9.17) is 4.74 Å². The Kier molecular flexibility index (Phi) is 5.66. The molecule has 0 saturated carbocycles. The molecule has 2 aromatic rings. The van der Waals surface area contributed by atoms with Crippen molar-refractivity contribution in [2.24, 2.45) is 0 Å². The first-order chi connectivity index (χ1) is 11.3. The van der Waals surface area contributed by atoms with Crippen LogP contribution in [0.4, 0.5) is 18.9 Å². The molecule has 0 bridgehead atoms. The van der Waals surface area contributed by atoms with Crippen LogP contribution in [0.25, 0.3) is 6.08 Å². The van der Waals surface area contributed by atoms with E-state index < -0.39 is 17.6 Å². The number of hydrogen-bond donors (Lipinski definition) is 1. The molecule has 24 heavy (non-hydrogen) atoms. The van der Waals surface area contributed by atoms with E-state index in [2.05, 4.69) is 21.2 Å². The molecule has 3 nitrogen and oxygen atoms in total. The van der Waals surface area contributed by atoms with E-state index in [9.17, 15) is 18.0 Å². The Bertz CT molecular complexity index is 773. The van der Waals surface area contributed by atoms with E-state index in [0.717, 1.165) is 16.6 Å². The summed E-state index contributed by atoms with van der Waals surface area (Å²) >= 11 is 3.32. The second kappa shape index (κ2) is 7.53. The maximum Gasteiger partial charge on any atom is 0.416 e. The third kappa shape index (κ3) is 4.86. The van der Waals surface area contributed by atoms with Crippen LogP contribution in [0.2, 0.25) is 0 Å². The Hall–Kier alpha value is -2.28. The highest BCUT2D eigenvalue weighted by Crippen LogP contribution is 2.30. The second-order valence-corrected chi connectivity index (χ2v) is 5.70. The molecule has 0 heterocycles. The first kappa shape index (κ1) is 18.1. The summed E-state index contributed by atoms with van der Waals surface area (Å²) in [5.74, 6) is 0.0256. The number of ether oxygens (including phenoxy) is 1. The molecule has 0 aliphatic carbocycles. The average molecular weight is 400 g/mol. The van der Waals surface area contributed by atoms with Gasteiger partial charge in [-0.1, -0.05) is 22.0 Å². The Morgan fingerprint density at radius 2 is 1.96 bits per heavy atom. The second-order valence-electron chi connectivity index (χ2n) is 4.79. The summed E-state index contributed by atoms with van der Waals surface area (Å²) in [5, 5.41) is 2.40. The van der Waals surface area contributed by atoms with Crippen LogP contribution < -0.4 is 10.1 Å². The van der Waals surface area contributed by atoms with Gasteiger partial charge in [-0.2, -0.15) is 13.2 Å². The number of nitrogens with one attached hydrogen (secondary N) is 1. The number of hydrogen-bond acceptors (Lipinski definition) is 2. The number of benzene rings is 2. The van der Waals surface area contributed by atoms with Gasteiger partial charge in [0.05, 0.1) is 12.7 Å². The Balaban J connectivity index is 2.13. The zero-order chi connectivity index (χ0) is 17.7. The maximum absolute atomic E-state index is 12.7. The SMILES string of the molecule is COc1ccc(Br)cc1C=CC(=O)Nc1cccc(C(F)(F)F)c1. The van der Waals surface area contributed by atoms with Gasteiger partial charge in [0.2, 0.25) is 5.91 Å². The normalized spacial score (nSPS) is 11.5. The molecule has 0 radical (unpaired) electrons. The molecule has 0 aromatic heterocycles. The van der Waals surface area contributed by atoms with E-state index in [0.29, 0.717) is 11.3 Å². The number of alkyl halides is 3. The van der Waals surface area contributed by atoms with Gasteiger partial charge in [-0.15, -0.1) is 0 Å². The quantitative estimate of drug-likeness (QED) is 0.723. The van der Waals surface area contributed by atoms with Crippen LogP contribution in [0.5, 0.6) is 5.75 Å². The Morgan fingerprint density at radius 3 is 2.62 bits per heavy atom. The molecule has 0 aliphatic heterocycles. The first-order valence-corrected chi connectivity index (χ1v) is 7.59. The lowest BCUT2D eigenvalue weighted by Crippen LogP contribution is -2.10. The number of rotatable bonds is 4. The zero-order valence-electron chi connectivity index (χ0n) is 12.5. The van der Waals surface area contributed by atoms with Gasteiger partial charge in [0.25, 0.3) is 0 Å². The van der Waals surface area contributed by atoms with Gasteiger partial charge in [-0.25, -0.2) is 0 Å². The predicted octanol–water partition coefficient (Wildman–Crippen LogP) is 5.13. The Labute approximate surface area is 145 Å². The summed E-state index contributed by atoms with van der Waals surface area (Å²) in [5.41, 5.74) is -0.0929. The summed E-state index contributed by atoms with van der Waals surface area (Å²) in [6, 6.07) is 9.73. The monoisotopic (exact) mass is 399 g/mol. The highest BCUT2D eigenvalue weighted by Gasteiger charge is 2.30. The summed E-state index contributed by atoms with van der Waals surface area (Å²) < 4.78 is 43.9. The lowest BCUT2D eigenvalue weighted by molar-refractivity contribution is -0.137. The molecular weight excluding hydrogens is 387 g/mol. The van der Waals surface area contributed by atoms with Gasteiger partial charge in [0.1, 0.15) is 5.75 Å². The lowest BCUT2D eigenvalue weighted by atomic mass is 10.1. The third-order valence-electron chi connectivity index (χ3n) is 3.06. The molecule has 0 aliphatic rings. The predicted molar refractivity (Wildman–Crippen MR) is 89.8 cm³/mol. The van der Waals surface area contributed by atoms with Crippen LogP contribution >= 0.6 is 15.9 Å². The fraction of sp³-hybridized carbons (Fsp3) is 0.118. The third-order valence-corrected chi connectivity index (χ3v) is 3.56. The van der Waals surface area contributed by atoms with Gasteiger partial charge in [-0.05, 0) is 42.5 Å². The van der Waals surface area contributed by atoms with E-state index >= 15 is 0 Å². The van der Waals surface area contributed by atoms with Crippen molar-refractivity contribution in [3.8, 4) is 5.75 Å². The molecule has 0 spiro atoms. The molecule has 0 saturated heterocycles. The minimum atomic E-state index is -4.46. The smallest absolute Gasteiger partial charge is 0.416 e. The van der Waals surface area contributed by atoms with E-state index in [1.54, 1.807) is 18.2 Å². The molecular formula is C17H13BrF3NO2. The average Bonchev–Trinajstić information content (AvgIpc) is 2.52. The Morgan fingerprint density at radius 1 is 1.21 bits per heavy atom. The molecule has 126 valence electrons. The van der Waals surface area contributed by atoms with Crippen molar-refractivity contribution >= 4 is 33.6 Å². The van der Waals surface area contributed by atoms with Crippen LogP contribution in [0.3, 0.4) is 0 Å². The summed E-state index contributed by atoms with van der Waals surface area (Å²) in [4.78, 5) is 11.9. The highest BCUT2D eigenvalue weighted by molar-refractivity contribution is 9.10. The van der Waals surface area contributed by atoms with Gasteiger partial charge in [0, 0.05) is 21.8 Å². The topological polar surface area (TPSA) is 38.3 Å². The molecule has 2 rings (SSSR count). The number of carbonyl (C=O) groups excluding carboxylic acids is 1. The first-order valence-electron chi connectivity index (χ1n) is 6.79. The lowest BCUT2D eigenvalue weighted by Gasteiger charge is -2.09. The summed E-state index contributed by atoms with van der Waals surface area (Å²) in [6.07, 6.45) is -1.71. The largest absolute Gasteiger partial charge is 0.496 e. The number of amides is 1. The van der Waals surface area contributed by atoms with Crippen molar-refractivity contribution in [3.05, 3.63) is 64.1 Å². The standard InChI is InChI=1S/C17H13BrF3NO2/c1-24-15-7-6-13(18)9-11(15)5-8-16(23)22-14-4-2-3-12(10-14)17(19,20)21/h2-10H,1H3,(H,22,23). The van der Waals surface area contributed by atoms with E-state index in [1.165, 1.54) is 31.4 Å². The van der Waals surface area contributed by atoms with Gasteiger partial charge >= 0.3 is 6.18 Å². The van der Waals surface area contributed by atoms with Crippen LogP contribution in [-0.2, 0) is 11.0 Å². The number of methoxy groups -OCH3 is 1. The van der Waals surface area contributed by atoms with Crippen molar-refractivity contribution in [1.29, 1.82) is 0 Å². The molecule has 0 fully saturated rings. The van der Waals surface area contributed by atoms with Crippen LogP contribution in [0, 0.1) is 0 Å². The zero-order valence-corrected chi connectivity index (χ0v) is 14.1. The minimum Gasteiger partial charge on any atom is -0.496 e. The van der Waals surface area contributed by atoms with Crippen molar-refractivity contribution in [2.45, 2.75) is 6.18 Å². The fourth-order valence-electron chi connectivity index (χ4n) is 1.96. The fourth-order valence-corrected chi connectivity index (χ4v) is 2.34. The number of carbonyl (C=O) groups is 1. The van der Waals surface area contributed by atoms with E-state index in [-0.39, 0.29) is 5.69 Å². The van der Waals surface area contributed by atoms with Gasteiger partial charge in [-0.3, -0.25) is 4.79 Å². The summed E-state index contributed by atoms with van der Waals surface area (Å²) in [6.45, 7) is 0. The summed E-state index contributed by atoms with van der Waals surface area (Å²) in [7, 11) is 1.50. The van der Waals surface area contributed by atoms with Gasteiger partial charge in [0.15, 0.2) is 0 Å². The number of anilines is 1. The number of halogens is 4. The molecule has 1 amide bonds. The van der Waals surface area contributed by atoms with Crippen molar-refractivity contribution < 1.29 is 22.7 Å². The highest BCUT2D eigenvalue weighted by atomic mass is 79.9. The van der Waals surface area contributed by atoms with Crippen molar-refractivity contribution in [1.82, 2.24) is 0 Å². The van der Waals surface area contributed by atoms with E-state index in [1.807, 2.05) is 0 Å². The van der Waals surface area contributed by atoms with Gasteiger partial charge < -0.3 is 10.1 Å². The van der Waals surface area contributed by atoms with Crippen LogP contribution in [0.15, 0.2) is 53.0 Å². The molecule has 7 heteroatoms.